The van der Waals surface area contributed by atoms with Crippen LogP contribution in [0.4, 0.5) is 0 Å². The molecule has 0 unspecified atom stereocenters. The van der Waals surface area contributed by atoms with Crippen molar-refractivity contribution in [3.8, 4) is 0 Å². The van der Waals surface area contributed by atoms with Crippen molar-refractivity contribution in [2.24, 2.45) is 0 Å². The molecule has 0 atom stereocenters. The smallest absolute Gasteiger partial charge is 0.824 e. The molecule has 0 aliphatic heterocycles. The van der Waals surface area contributed by atoms with Crippen LogP contribution in [0.25, 0.3) is 0 Å². The Kier molecular flexibility index (Phi) is 13.9. The third kappa shape index (κ3) is 10.3. The second-order valence-corrected chi connectivity index (χ2v) is 2.70. The second kappa shape index (κ2) is 11.3. The number of hydrogen-bond donors (Lipinski definition) is 2. The van der Waals surface area contributed by atoms with Crippen LogP contribution in [0.5, 0.6) is 0 Å². The van der Waals surface area contributed by atoms with Gasteiger partial charge < -0.3 is 5.11 Å². The van der Waals surface area contributed by atoms with Crippen LogP contribution in [0.1, 0.15) is 45.4 Å². The van der Waals surface area contributed by atoms with E-state index in [1.165, 1.54) is 19.3 Å². The maximum atomic E-state index is 10.5. The minimum absolute atomic E-state index is 0. The Hall–Kier alpha value is 0.270. The average molecular weight is 182 g/mol. The number of nitrogens with one attached hydrogen (secondary N) is 1. The molecule has 0 aromatic carbocycles. The molecule has 0 saturated carbocycles. The van der Waals surface area contributed by atoms with E-state index in [-0.39, 0.29) is 35.5 Å². The largest absolute Gasteiger partial charge is 1.00 e. The van der Waals surface area contributed by atoms with E-state index in [1.807, 2.05) is 0 Å². The van der Waals surface area contributed by atoms with Crippen molar-refractivity contribution in [1.82, 2.24) is 0 Å². The summed E-state index contributed by atoms with van der Waals surface area (Å²) in [7, 11) is 0. The van der Waals surface area contributed by atoms with Gasteiger partial charge in [-0.15, -0.1) is 0 Å². The molecule has 0 heterocycles. The SMILES string of the molecule is CCCCCCCC([O-])=[NH+]O.[Na+]. The van der Waals surface area contributed by atoms with Gasteiger partial charge in [-0.25, -0.2) is 0 Å². The molecular weight excluding hydrogens is 165 g/mol. The molecule has 0 aromatic heterocycles. The van der Waals surface area contributed by atoms with E-state index in [0.717, 1.165) is 12.8 Å². The Bertz CT molecular complexity index is 118. The summed E-state index contributed by atoms with van der Waals surface area (Å²) < 4.78 is 0. The van der Waals surface area contributed by atoms with Crippen LogP contribution < -0.4 is 39.8 Å². The normalized spacial score (nSPS) is 10.9. The summed E-state index contributed by atoms with van der Waals surface area (Å²) in [5, 5.41) is 20.2. The minimum Gasteiger partial charge on any atom is -0.824 e. The molecule has 0 rings (SSSR count). The van der Waals surface area contributed by atoms with Gasteiger partial charge in [0.15, 0.2) is 5.90 Å². The van der Waals surface area contributed by atoms with Gasteiger partial charge in [0.2, 0.25) is 0 Å². The van der Waals surface area contributed by atoms with Crippen molar-refractivity contribution in [2.75, 3.05) is 0 Å². The van der Waals surface area contributed by atoms with Crippen molar-refractivity contribution in [1.29, 1.82) is 0 Å². The van der Waals surface area contributed by atoms with E-state index < -0.39 is 0 Å². The zero-order valence-corrected chi connectivity index (χ0v) is 10.1. The van der Waals surface area contributed by atoms with Crippen LogP contribution in [0, 0.1) is 0 Å². The van der Waals surface area contributed by atoms with Crippen LogP contribution in [0.15, 0.2) is 0 Å². The Morgan fingerprint density at radius 1 is 1.25 bits per heavy atom. The third-order valence-corrected chi connectivity index (χ3v) is 1.63. The standard InChI is InChI=1S/C8H17NO2.Na/c1-2-3-4-5-6-7-8(10)9-11;/h11H,2-7H2,1H3,(H,9,10);/q;+1. The molecule has 12 heavy (non-hydrogen) atoms. The van der Waals surface area contributed by atoms with Crippen molar-refractivity contribution < 1.29 is 45.0 Å². The molecule has 0 amide bonds. The van der Waals surface area contributed by atoms with E-state index in [2.05, 4.69) is 6.92 Å². The van der Waals surface area contributed by atoms with Crippen LogP contribution in [-0.4, -0.2) is 11.1 Å². The molecule has 0 aliphatic carbocycles. The maximum Gasteiger partial charge on any atom is 1.00 e. The summed E-state index contributed by atoms with van der Waals surface area (Å²) in [5.41, 5.74) is 0. The first-order valence-corrected chi connectivity index (χ1v) is 4.24. The van der Waals surface area contributed by atoms with E-state index in [0.29, 0.717) is 6.42 Å². The predicted molar refractivity (Wildman–Crippen MR) is 41.1 cm³/mol. The topological polar surface area (TPSA) is 57.3 Å². The molecule has 0 aliphatic rings. The fraction of sp³-hybridized carbons (Fsp3) is 0.875. The van der Waals surface area contributed by atoms with E-state index in [1.54, 1.807) is 5.16 Å². The van der Waals surface area contributed by atoms with Crippen LogP contribution in [0.3, 0.4) is 0 Å². The van der Waals surface area contributed by atoms with Crippen molar-refractivity contribution >= 4 is 5.90 Å². The Morgan fingerprint density at radius 3 is 2.33 bits per heavy atom. The molecule has 4 heteroatoms. The first-order valence-electron chi connectivity index (χ1n) is 4.24. The van der Waals surface area contributed by atoms with Crippen molar-refractivity contribution in [3.63, 3.8) is 0 Å². The zero-order valence-electron chi connectivity index (χ0n) is 8.10. The van der Waals surface area contributed by atoms with Gasteiger partial charge in [0.05, 0.1) is 0 Å². The first-order chi connectivity index (χ1) is 5.31. The molecule has 0 spiro atoms. The van der Waals surface area contributed by atoms with Gasteiger partial charge >= 0.3 is 29.6 Å². The predicted octanol–water partition coefficient (Wildman–Crippen LogP) is -3.42. The van der Waals surface area contributed by atoms with Crippen molar-refractivity contribution in [3.05, 3.63) is 0 Å². The summed E-state index contributed by atoms with van der Waals surface area (Å²) in [6.45, 7) is 2.15. The van der Waals surface area contributed by atoms with Crippen LogP contribution >= 0.6 is 0 Å². The molecule has 0 radical (unpaired) electrons. The van der Waals surface area contributed by atoms with Gasteiger partial charge in [-0.1, -0.05) is 37.8 Å². The minimum atomic E-state index is -0.276. The second-order valence-electron chi connectivity index (χ2n) is 2.70. The monoisotopic (exact) mass is 182 g/mol. The number of hydrogen-bond acceptors (Lipinski definition) is 2. The number of rotatable bonds is 6. The summed E-state index contributed by atoms with van der Waals surface area (Å²) in [6, 6.07) is 0. The Morgan fingerprint density at radius 2 is 1.83 bits per heavy atom. The Labute approximate surface area is 96.1 Å². The van der Waals surface area contributed by atoms with Gasteiger partial charge in [0, 0.05) is 6.42 Å². The maximum absolute atomic E-state index is 10.5. The van der Waals surface area contributed by atoms with E-state index in [4.69, 9.17) is 5.21 Å². The molecule has 0 bridgehead atoms. The van der Waals surface area contributed by atoms with Gasteiger partial charge in [-0.2, -0.15) is 0 Å². The number of unbranched alkanes of at least 4 members (excludes halogenated alkanes) is 4. The van der Waals surface area contributed by atoms with Crippen LogP contribution in [-0.2, 0) is 0 Å². The zero-order chi connectivity index (χ0) is 8.53. The Balaban J connectivity index is 0. The van der Waals surface area contributed by atoms with E-state index in [9.17, 15) is 5.11 Å². The molecule has 2 N–H and O–H groups in total. The van der Waals surface area contributed by atoms with Gasteiger partial charge in [0.25, 0.3) is 0 Å². The van der Waals surface area contributed by atoms with Gasteiger partial charge in [0.1, 0.15) is 0 Å². The fourth-order valence-electron chi connectivity index (χ4n) is 0.945. The van der Waals surface area contributed by atoms with Gasteiger partial charge in [-0.3, -0.25) is 5.21 Å². The fourth-order valence-corrected chi connectivity index (χ4v) is 0.945. The van der Waals surface area contributed by atoms with Crippen LogP contribution in [0.2, 0.25) is 0 Å². The molecule has 3 nitrogen and oxygen atoms in total. The molecule has 0 saturated heterocycles. The molecule has 0 aromatic rings. The molecular formula is C8H17NNaO2+. The average Bonchev–Trinajstić information content (AvgIpc) is 2.04. The van der Waals surface area contributed by atoms with Crippen molar-refractivity contribution in [2.45, 2.75) is 45.4 Å². The molecule has 0 fully saturated rings. The summed E-state index contributed by atoms with van der Waals surface area (Å²) >= 11 is 0. The summed E-state index contributed by atoms with van der Waals surface area (Å²) in [5.74, 6) is -0.276. The third-order valence-electron chi connectivity index (χ3n) is 1.63. The molecule has 66 valence electrons. The first kappa shape index (κ1) is 14.8. The summed E-state index contributed by atoms with van der Waals surface area (Å²) in [4.78, 5) is 0. The summed E-state index contributed by atoms with van der Waals surface area (Å²) in [6.07, 6.45) is 6.05. The van der Waals surface area contributed by atoms with Gasteiger partial charge in [-0.05, 0) is 6.42 Å². The quantitative estimate of drug-likeness (QED) is 0.112. The van der Waals surface area contributed by atoms with E-state index >= 15 is 0 Å².